The summed E-state index contributed by atoms with van der Waals surface area (Å²) in [5, 5.41) is 5.10. The lowest BCUT2D eigenvalue weighted by molar-refractivity contribution is 0.854. The second-order valence-electron chi connectivity index (χ2n) is 16.4. The molecular formula is C60H42N2S. The first-order valence-corrected chi connectivity index (χ1v) is 22.6. The van der Waals surface area contributed by atoms with Crippen LogP contribution in [-0.2, 0) is 0 Å². The van der Waals surface area contributed by atoms with Crippen LogP contribution >= 0.6 is 11.3 Å². The van der Waals surface area contributed by atoms with Crippen LogP contribution in [0.15, 0.2) is 237 Å². The van der Waals surface area contributed by atoms with Gasteiger partial charge in [-0.3, -0.25) is 0 Å². The lowest BCUT2D eigenvalue weighted by Crippen LogP contribution is -2.11. The second kappa shape index (κ2) is 15.6. The highest BCUT2D eigenvalue weighted by Crippen LogP contribution is 2.46. The van der Waals surface area contributed by atoms with Crippen LogP contribution in [0.2, 0.25) is 0 Å². The van der Waals surface area contributed by atoms with E-state index in [0.29, 0.717) is 5.92 Å². The summed E-state index contributed by atoms with van der Waals surface area (Å²) in [7, 11) is 0. The zero-order valence-corrected chi connectivity index (χ0v) is 35.4. The molecule has 0 amide bonds. The first-order chi connectivity index (χ1) is 31.3. The molecule has 9 aromatic carbocycles. The number of fused-ring (bicyclic) bond motifs is 6. The SMILES string of the molecule is C1=CCC(c2ccc(-c3ccc(N(c4cccc(-c5cccc6c5c5ccccc5n6-c5cccc6sc7ccccc7c56)c4)c4ccccc4-c4ccccc4)cc3)cc2)C=C1. The van der Waals surface area contributed by atoms with Crippen LogP contribution in [0.4, 0.5) is 17.1 Å². The number of hydrogen-bond donors (Lipinski definition) is 0. The molecule has 1 atom stereocenters. The van der Waals surface area contributed by atoms with Gasteiger partial charge in [-0.2, -0.15) is 0 Å². The predicted molar refractivity (Wildman–Crippen MR) is 270 cm³/mol. The maximum Gasteiger partial charge on any atom is 0.0555 e. The van der Waals surface area contributed by atoms with Crippen molar-refractivity contribution in [2.24, 2.45) is 0 Å². The number of nitrogens with zero attached hydrogens (tertiary/aromatic N) is 2. The molecule has 0 aliphatic heterocycles. The molecule has 2 heterocycles. The van der Waals surface area contributed by atoms with E-state index in [4.69, 9.17) is 0 Å². The van der Waals surface area contributed by atoms with Crippen molar-refractivity contribution in [3.05, 3.63) is 242 Å². The third kappa shape index (κ3) is 6.48. The highest BCUT2D eigenvalue weighted by atomic mass is 32.1. The van der Waals surface area contributed by atoms with E-state index in [9.17, 15) is 0 Å². The topological polar surface area (TPSA) is 8.17 Å². The van der Waals surface area contributed by atoms with Gasteiger partial charge in [-0.05, 0) is 100 Å². The van der Waals surface area contributed by atoms with Crippen molar-refractivity contribution in [1.29, 1.82) is 0 Å². The molecular weight excluding hydrogens is 781 g/mol. The molecule has 2 aromatic heterocycles. The fourth-order valence-corrected chi connectivity index (χ4v) is 10.9. The van der Waals surface area contributed by atoms with Crippen molar-refractivity contribution in [2.45, 2.75) is 12.3 Å². The number of thiophene rings is 1. The van der Waals surface area contributed by atoms with Gasteiger partial charge in [0.1, 0.15) is 0 Å². The highest BCUT2D eigenvalue weighted by molar-refractivity contribution is 7.25. The molecule has 0 saturated heterocycles. The minimum atomic E-state index is 0.438. The second-order valence-corrected chi connectivity index (χ2v) is 17.5. The average Bonchev–Trinajstić information content (AvgIpc) is 3.92. The zero-order valence-electron chi connectivity index (χ0n) is 34.6. The molecule has 12 rings (SSSR count). The van der Waals surface area contributed by atoms with Gasteiger partial charge in [-0.15, -0.1) is 11.3 Å². The Kier molecular flexibility index (Phi) is 9.20. The molecule has 1 aliphatic carbocycles. The Hall–Kier alpha value is -7.72. The Morgan fingerprint density at radius 2 is 1.11 bits per heavy atom. The van der Waals surface area contributed by atoms with Gasteiger partial charge in [0.05, 0.1) is 22.4 Å². The Bertz CT molecular complexity index is 3530. The Morgan fingerprint density at radius 3 is 1.95 bits per heavy atom. The van der Waals surface area contributed by atoms with Crippen molar-refractivity contribution in [3.8, 4) is 39.1 Å². The van der Waals surface area contributed by atoms with Gasteiger partial charge in [0.25, 0.3) is 0 Å². The molecule has 11 aromatic rings. The monoisotopic (exact) mass is 822 g/mol. The van der Waals surface area contributed by atoms with E-state index in [1.54, 1.807) is 0 Å². The molecule has 0 spiro atoms. The van der Waals surface area contributed by atoms with E-state index >= 15 is 0 Å². The van der Waals surface area contributed by atoms with Crippen LogP contribution in [0.1, 0.15) is 17.9 Å². The lowest BCUT2D eigenvalue weighted by Gasteiger charge is -2.28. The average molecular weight is 823 g/mol. The molecule has 0 radical (unpaired) electrons. The van der Waals surface area contributed by atoms with Crippen LogP contribution in [-0.4, -0.2) is 4.57 Å². The minimum Gasteiger partial charge on any atom is -0.310 e. The van der Waals surface area contributed by atoms with E-state index < -0.39 is 0 Å². The fourth-order valence-electron chi connectivity index (χ4n) is 9.79. The van der Waals surface area contributed by atoms with E-state index in [0.717, 1.165) is 23.5 Å². The van der Waals surface area contributed by atoms with Gasteiger partial charge in [0, 0.05) is 53.8 Å². The number of aromatic nitrogens is 1. The molecule has 0 bridgehead atoms. The van der Waals surface area contributed by atoms with E-state index in [1.807, 2.05) is 11.3 Å². The molecule has 1 aliphatic rings. The number of para-hydroxylation sites is 2. The van der Waals surface area contributed by atoms with E-state index in [-0.39, 0.29) is 0 Å². The first-order valence-electron chi connectivity index (χ1n) is 21.8. The van der Waals surface area contributed by atoms with E-state index in [1.165, 1.54) is 86.6 Å². The van der Waals surface area contributed by atoms with Crippen LogP contribution in [0.5, 0.6) is 0 Å². The number of benzene rings is 9. The summed E-state index contributed by atoms with van der Waals surface area (Å²) in [5.74, 6) is 0.438. The predicted octanol–water partition coefficient (Wildman–Crippen LogP) is 17.2. The molecule has 0 fully saturated rings. The summed E-state index contributed by atoms with van der Waals surface area (Å²) in [5.41, 5.74) is 15.4. The Morgan fingerprint density at radius 1 is 0.444 bits per heavy atom. The minimum absolute atomic E-state index is 0.438. The number of rotatable bonds is 8. The van der Waals surface area contributed by atoms with Gasteiger partial charge in [0.15, 0.2) is 0 Å². The third-order valence-electron chi connectivity index (χ3n) is 12.7. The fraction of sp³-hybridized carbons (Fsp3) is 0.0333. The molecule has 63 heavy (non-hydrogen) atoms. The maximum atomic E-state index is 2.49. The quantitative estimate of drug-likeness (QED) is 0.148. The van der Waals surface area contributed by atoms with Gasteiger partial charge in [-0.1, -0.05) is 176 Å². The van der Waals surface area contributed by atoms with Crippen molar-refractivity contribution >= 4 is 70.4 Å². The molecule has 3 heteroatoms. The third-order valence-corrected chi connectivity index (χ3v) is 13.9. The van der Waals surface area contributed by atoms with Crippen LogP contribution in [0.25, 0.3) is 81.0 Å². The summed E-state index contributed by atoms with van der Waals surface area (Å²) < 4.78 is 5.10. The largest absolute Gasteiger partial charge is 0.310 e. The molecule has 298 valence electrons. The molecule has 2 nitrogen and oxygen atoms in total. The van der Waals surface area contributed by atoms with Gasteiger partial charge >= 0.3 is 0 Å². The summed E-state index contributed by atoms with van der Waals surface area (Å²) in [6.07, 6.45) is 9.90. The van der Waals surface area contributed by atoms with E-state index in [2.05, 4.69) is 246 Å². The summed E-state index contributed by atoms with van der Waals surface area (Å²) >= 11 is 1.87. The molecule has 0 saturated carbocycles. The summed E-state index contributed by atoms with van der Waals surface area (Å²) in [6.45, 7) is 0. The van der Waals surface area contributed by atoms with Crippen molar-refractivity contribution in [3.63, 3.8) is 0 Å². The van der Waals surface area contributed by atoms with Gasteiger partial charge in [0.2, 0.25) is 0 Å². The van der Waals surface area contributed by atoms with Gasteiger partial charge < -0.3 is 9.47 Å². The zero-order chi connectivity index (χ0) is 41.7. The number of allylic oxidation sites excluding steroid dienone is 4. The number of hydrogen-bond acceptors (Lipinski definition) is 2. The Labute approximate surface area is 371 Å². The smallest absolute Gasteiger partial charge is 0.0555 e. The van der Waals surface area contributed by atoms with Crippen LogP contribution in [0, 0.1) is 0 Å². The lowest BCUT2D eigenvalue weighted by atomic mass is 9.91. The molecule has 0 N–H and O–H groups in total. The normalized spacial score (nSPS) is 13.7. The Balaban J connectivity index is 1.00. The van der Waals surface area contributed by atoms with Crippen molar-refractivity contribution < 1.29 is 0 Å². The summed E-state index contributed by atoms with van der Waals surface area (Å²) in [6, 6.07) is 78.1. The van der Waals surface area contributed by atoms with Crippen molar-refractivity contribution in [1.82, 2.24) is 4.57 Å². The maximum absolute atomic E-state index is 2.49. The number of anilines is 3. The van der Waals surface area contributed by atoms with Crippen LogP contribution < -0.4 is 4.90 Å². The first kappa shape index (κ1) is 37.1. The standard InChI is InChI=1S/C60H42N2S/c1-3-16-41(17-4-1)42-32-34-43(35-33-42)44-36-38-47(39-37-44)61(53-26-10-7-22-49(53)45-18-5-2-6-19-45)48-21-13-20-46(40-48)50-25-14-28-55-59(50)51-23-8-11-27-54(51)62(55)56-29-15-31-58-60(56)52-24-9-12-30-57(52)63-58/h1-16,18-41H,17H2. The molecule has 1 unspecified atom stereocenters. The van der Waals surface area contributed by atoms with Gasteiger partial charge in [-0.25, -0.2) is 0 Å². The van der Waals surface area contributed by atoms with Crippen molar-refractivity contribution in [2.75, 3.05) is 4.90 Å². The highest BCUT2D eigenvalue weighted by Gasteiger charge is 2.22. The summed E-state index contributed by atoms with van der Waals surface area (Å²) in [4.78, 5) is 2.42. The van der Waals surface area contributed by atoms with Crippen LogP contribution in [0.3, 0.4) is 0 Å².